The number of hydrazone groups is 1. The molecule has 0 N–H and O–H groups in total. The first-order chi connectivity index (χ1) is 8.46. The number of alkyl halides is 3. The second kappa shape index (κ2) is 5.28. The van der Waals surface area contributed by atoms with Gasteiger partial charge in [-0.15, -0.1) is 0 Å². The summed E-state index contributed by atoms with van der Waals surface area (Å²) in [5.74, 6) is -0.277. The number of amides is 1. The van der Waals surface area contributed by atoms with E-state index in [0.29, 0.717) is 0 Å². The van der Waals surface area contributed by atoms with Gasteiger partial charge in [0.2, 0.25) is 5.91 Å². The maximum Gasteiger partial charge on any atom is 0.394 e. The highest BCUT2D eigenvalue weighted by atomic mass is 19.4. The molecule has 1 fully saturated rings. The van der Waals surface area contributed by atoms with Crippen LogP contribution in [0.2, 0.25) is 0 Å². The third-order valence-corrected chi connectivity index (χ3v) is 3.44. The Morgan fingerprint density at radius 1 is 1.17 bits per heavy atom. The predicted octanol–water partition coefficient (Wildman–Crippen LogP) is 3.25. The van der Waals surface area contributed by atoms with Crippen molar-refractivity contribution in [3.8, 4) is 0 Å². The molecule has 1 heterocycles. The van der Waals surface area contributed by atoms with Gasteiger partial charge in [-0.1, -0.05) is 25.7 Å². The molecule has 0 aromatic carbocycles. The van der Waals surface area contributed by atoms with Gasteiger partial charge in [0, 0.05) is 0 Å². The van der Waals surface area contributed by atoms with E-state index in [1.807, 2.05) is 0 Å². The minimum Gasteiger partial charge on any atom is -0.273 e. The molecular formula is C12H17F3N2O. The van der Waals surface area contributed by atoms with Crippen LogP contribution >= 0.6 is 0 Å². The molecule has 1 saturated carbocycles. The van der Waals surface area contributed by atoms with Crippen LogP contribution in [0, 0.1) is 0 Å². The predicted molar refractivity (Wildman–Crippen MR) is 61.1 cm³/mol. The molecular weight excluding hydrogens is 245 g/mol. The Labute approximate surface area is 104 Å². The second-order valence-corrected chi connectivity index (χ2v) is 5.02. The molecule has 0 spiro atoms. The zero-order valence-corrected chi connectivity index (χ0v) is 10.2. The number of halogens is 3. The zero-order valence-electron chi connectivity index (χ0n) is 10.2. The van der Waals surface area contributed by atoms with Crippen molar-refractivity contribution in [2.45, 2.75) is 63.6 Å². The third kappa shape index (κ3) is 3.46. The number of rotatable bonds is 2. The molecule has 0 aromatic rings. The molecule has 3 nitrogen and oxygen atoms in total. The van der Waals surface area contributed by atoms with Crippen molar-refractivity contribution in [1.82, 2.24) is 5.01 Å². The van der Waals surface area contributed by atoms with E-state index in [2.05, 4.69) is 5.10 Å². The minimum absolute atomic E-state index is 0.00531. The van der Waals surface area contributed by atoms with Crippen LogP contribution in [0.3, 0.4) is 0 Å². The molecule has 1 aliphatic heterocycles. The summed E-state index contributed by atoms with van der Waals surface area (Å²) < 4.78 is 36.8. The Balaban J connectivity index is 2.01. The second-order valence-electron chi connectivity index (χ2n) is 5.02. The van der Waals surface area contributed by atoms with Crippen molar-refractivity contribution in [3.63, 3.8) is 0 Å². The van der Waals surface area contributed by atoms with Crippen LogP contribution in [0.25, 0.3) is 0 Å². The zero-order chi connectivity index (χ0) is 13.2. The first kappa shape index (κ1) is 13.4. The van der Waals surface area contributed by atoms with E-state index < -0.39 is 12.6 Å². The SMILES string of the molecule is O=C1CC(CC(F)(F)F)=NN1C1CCCCCC1. The molecule has 0 bridgehead atoms. The summed E-state index contributed by atoms with van der Waals surface area (Å²) in [6.07, 6.45) is 0.520. The smallest absolute Gasteiger partial charge is 0.273 e. The number of hydrogen-bond donors (Lipinski definition) is 0. The Hall–Kier alpha value is -1.07. The van der Waals surface area contributed by atoms with E-state index in [4.69, 9.17) is 0 Å². The van der Waals surface area contributed by atoms with Crippen LogP contribution in [0.1, 0.15) is 51.4 Å². The maximum absolute atomic E-state index is 12.3. The fraction of sp³-hybridized carbons (Fsp3) is 0.833. The fourth-order valence-corrected chi connectivity index (χ4v) is 2.62. The highest BCUT2D eigenvalue weighted by molar-refractivity contribution is 6.05. The normalized spacial score (nSPS) is 23.2. The summed E-state index contributed by atoms with van der Waals surface area (Å²) in [6.45, 7) is 0. The van der Waals surface area contributed by atoms with Crippen LogP contribution < -0.4 is 0 Å². The Morgan fingerprint density at radius 3 is 2.33 bits per heavy atom. The molecule has 0 atom stereocenters. The van der Waals surface area contributed by atoms with Gasteiger partial charge in [0.15, 0.2) is 0 Å². The lowest BCUT2D eigenvalue weighted by Gasteiger charge is -2.22. The fourth-order valence-electron chi connectivity index (χ4n) is 2.62. The Kier molecular flexibility index (Phi) is 3.92. The summed E-state index contributed by atoms with van der Waals surface area (Å²) in [6, 6.07) is 0.00531. The van der Waals surface area contributed by atoms with Gasteiger partial charge in [-0.25, -0.2) is 5.01 Å². The average Bonchev–Trinajstić information content (AvgIpc) is 2.51. The van der Waals surface area contributed by atoms with E-state index in [1.165, 1.54) is 5.01 Å². The number of hydrogen-bond acceptors (Lipinski definition) is 2. The summed E-state index contributed by atoms with van der Waals surface area (Å²) in [5, 5.41) is 5.21. The Morgan fingerprint density at radius 2 is 1.78 bits per heavy atom. The molecule has 6 heteroatoms. The number of nitrogens with zero attached hydrogens (tertiary/aromatic N) is 2. The topological polar surface area (TPSA) is 32.7 Å². The van der Waals surface area contributed by atoms with Crippen molar-refractivity contribution >= 4 is 11.6 Å². The van der Waals surface area contributed by atoms with Gasteiger partial charge < -0.3 is 0 Å². The van der Waals surface area contributed by atoms with Gasteiger partial charge >= 0.3 is 6.18 Å². The van der Waals surface area contributed by atoms with Crippen LogP contribution in [0.5, 0.6) is 0 Å². The molecule has 102 valence electrons. The molecule has 2 rings (SSSR count). The lowest BCUT2D eigenvalue weighted by atomic mass is 10.1. The van der Waals surface area contributed by atoms with Crippen molar-refractivity contribution in [2.75, 3.05) is 0 Å². The first-order valence-corrected chi connectivity index (χ1v) is 6.41. The molecule has 18 heavy (non-hydrogen) atoms. The molecule has 1 aliphatic carbocycles. The van der Waals surface area contributed by atoms with E-state index >= 15 is 0 Å². The van der Waals surface area contributed by atoms with Gasteiger partial charge in [0.05, 0.1) is 24.6 Å². The van der Waals surface area contributed by atoms with E-state index in [0.717, 1.165) is 38.5 Å². The molecule has 0 saturated heterocycles. The Bertz CT molecular complexity index is 344. The summed E-state index contributed by atoms with van der Waals surface area (Å²) in [4.78, 5) is 11.7. The van der Waals surface area contributed by atoms with Crippen LogP contribution in [0.4, 0.5) is 13.2 Å². The monoisotopic (exact) mass is 262 g/mol. The standard InChI is InChI=1S/C12H17F3N2O/c13-12(14,15)8-9-7-11(18)17(16-9)10-5-3-1-2-4-6-10/h10H,1-8H2. The summed E-state index contributed by atoms with van der Waals surface area (Å²) in [5.41, 5.74) is -0.0447. The molecule has 1 amide bonds. The van der Waals surface area contributed by atoms with E-state index in [9.17, 15) is 18.0 Å². The van der Waals surface area contributed by atoms with Crippen molar-refractivity contribution in [1.29, 1.82) is 0 Å². The van der Waals surface area contributed by atoms with Crippen LogP contribution in [-0.4, -0.2) is 28.8 Å². The van der Waals surface area contributed by atoms with Gasteiger partial charge in [-0.2, -0.15) is 18.3 Å². The highest BCUT2D eigenvalue weighted by Gasteiger charge is 2.36. The van der Waals surface area contributed by atoms with Crippen LogP contribution in [-0.2, 0) is 4.79 Å². The minimum atomic E-state index is -4.28. The van der Waals surface area contributed by atoms with Crippen molar-refractivity contribution < 1.29 is 18.0 Å². The third-order valence-electron chi connectivity index (χ3n) is 3.44. The quantitative estimate of drug-likeness (QED) is 0.703. The van der Waals surface area contributed by atoms with Gasteiger partial charge in [-0.05, 0) is 12.8 Å². The van der Waals surface area contributed by atoms with Gasteiger partial charge in [0.1, 0.15) is 0 Å². The van der Waals surface area contributed by atoms with Crippen molar-refractivity contribution in [3.05, 3.63) is 0 Å². The van der Waals surface area contributed by atoms with E-state index in [-0.39, 0.29) is 24.1 Å². The highest BCUT2D eigenvalue weighted by Crippen LogP contribution is 2.28. The van der Waals surface area contributed by atoms with Crippen molar-refractivity contribution in [2.24, 2.45) is 5.10 Å². The molecule has 0 radical (unpaired) electrons. The number of carbonyl (C=O) groups is 1. The summed E-state index contributed by atoms with van der Waals surface area (Å²) in [7, 11) is 0. The van der Waals surface area contributed by atoms with Gasteiger partial charge in [0.25, 0.3) is 0 Å². The molecule has 0 aromatic heterocycles. The van der Waals surface area contributed by atoms with Crippen LogP contribution in [0.15, 0.2) is 5.10 Å². The lowest BCUT2D eigenvalue weighted by molar-refractivity contribution is -0.131. The van der Waals surface area contributed by atoms with E-state index in [1.54, 1.807) is 0 Å². The largest absolute Gasteiger partial charge is 0.394 e. The van der Waals surface area contributed by atoms with Gasteiger partial charge in [-0.3, -0.25) is 4.79 Å². The average molecular weight is 262 g/mol. The molecule has 2 aliphatic rings. The molecule has 0 unspecified atom stereocenters. The first-order valence-electron chi connectivity index (χ1n) is 6.41. The number of carbonyl (C=O) groups excluding carboxylic acids is 1. The maximum atomic E-state index is 12.3. The summed E-state index contributed by atoms with van der Waals surface area (Å²) >= 11 is 0. The lowest BCUT2D eigenvalue weighted by Crippen LogP contribution is -2.32.